The van der Waals surface area contributed by atoms with Crippen LogP contribution in [0.4, 0.5) is 0 Å². The number of rotatable bonds is 3. The lowest BCUT2D eigenvalue weighted by Crippen LogP contribution is -2.37. The molecule has 0 spiro atoms. The molecule has 1 aliphatic heterocycles. The van der Waals surface area contributed by atoms with Crippen molar-refractivity contribution in [1.29, 1.82) is 0 Å². The fourth-order valence-corrected chi connectivity index (χ4v) is 1.74. The van der Waals surface area contributed by atoms with Gasteiger partial charge in [-0.1, -0.05) is 0 Å². The van der Waals surface area contributed by atoms with Crippen molar-refractivity contribution in [2.75, 3.05) is 13.1 Å². The van der Waals surface area contributed by atoms with Crippen molar-refractivity contribution in [3.05, 3.63) is 0 Å². The monoisotopic (exact) mass is 154 g/mol. The Balaban J connectivity index is 1.92. The second-order valence-corrected chi connectivity index (χ2v) is 3.43. The lowest BCUT2D eigenvalue weighted by molar-refractivity contribution is -0.120. The van der Waals surface area contributed by atoms with Crippen LogP contribution < -0.4 is 5.32 Å². The molecule has 62 valence electrons. The lowest BCUT2D eigenvalue weighted by atomic mass is 10.2. The van der Waals surface area contributed by atoms with E-state index in [0.717, 1.165) is 25.9 Å². The summed E-state index contributed by atoms with van der Waals surface area (Å²) >= 11 is 0. The van der Waals surface area contributed by atoms with Gasteiger partial charge in [0.25, 0.3) is 0 Å². The van der Waals surface area contributed by atoms with Crippen molar-refractivity contribution in [3.8, 4) is 0 Å². The molecule has 0 radical (unpaired) electrons. The highest BCUT2D eigenvalue weighted by Crippen LogP contribution is 2.28. The molecule has 2 fully saturated rings. The zero-order valence-electron chi connectivity index (χ0n) is 6.62. The average Bonchev–Trinajstić information content (AvgIpc) is 2.68. The van der Waals surface area contributed by atoms with Crippen LogP contribution in [0.1, 0.15) is 19.3 Å². The van der Waals surface area contributed by atoms with Crippen LogP contribution in [0, 0.1) is 0 Å². The van der Waals surface area contributed by atoms with Crippen LogP contribution in [0.25, 0.3) is 0 Å². The Hall–Kier alpha value is -0.570. The quantitative estimate of drug-likeness (QED) is 0.579. The Labute approximate surface area is 66.8 Å². The van der Waals surface area contributed by atoms with Crippen LogP contribution in [-0.4, -0.2) is 36.5 Å². The summed E-state index contributed by atoms with van der Waals surface area (Å²) in [4.78, 5) is 12.7. The summed E-state index contributed by atoms with van der Waals surface area (Å²) in [5, 5.41) is 3.27. The lowest BCUT2D eigenvalue weighted by Gasteiger charge is -2.23. The molecule has 2 aliphatic rings. The van der Waals surface area contributed by atoms with E-state index in [4.69, 9.17) is 0 Å². The number of carbonyl (C=O) groups excluding carboxylic acids is 1. The molecule has 0 aromatic carbocycles. The minimum absolute atomic E-state index is 0.486. The minimum Gasteiger partial charge on any atom is -0.338 e. The van der Waals surface area contributed by atoms with Crippen LogP contribution in [0.15, 0.2) is 0 Å². The van der Waals surface area contributed by atoms with Gasteiger partial charge in [-0.3, -0.25) is 4.79 Å². The van der Waals surface area contributed by atoms with Gasteiger partial charge in [0.1, 0.15) is 0 Å². The standard InChI is InChI=1S/C8H14N2O/c11-6-10(7-1-2-7)8-3-4-9-5-8/h6-9H,1-5H2/t8-/m0/s1. The highest BCUT2D eigenvalue weighted by molar-refractivity contribution is 5.49. The molecule has 0 bridgehead atoms. The number of hydrogen-bond donors (Lipinski definition) is 1. The molecule has 1 aliphatic carbocycles. The number of carbonyl (C=O) groups is 1. The van der Waals surface area contributed by atoms with Crippen LogP contribution >= 0.6 is 0 Å². The number of amides is 1. The van der Waals surface area contributed by atoms with Gasteiger partial charge in [-0.2, -0.15) is 0 Å². The first-order chi connectivity index (χ1) is 5.42. The Morgan fingerprint density at radius 1 is 1.27 bits per heavy atom. The zero-order chi connectivity index (χ0) is 7.68. The zero-order valence-corrected chi connectivity index (χ0v) is 6.62. The Bertz CT molecular complexity index is 150. The number of hydrogen-bond acceptors (Lipinski definition) is 2. The molecule has 1 saturated heterocycles. The van der Waals surface area contributed by atoms with Gasteiger partial charge in [0.15, 0.2) is 0 Å². The average molecular weight is 154 g/mol. The molecule has 0 aromatic heterocycles. The maximum Gasteiger partial charge on any atom is 0.210 e. The van der Waals surface area contributed by atoms with E-state index in [0.29, 0.717) is 12.1 Å². The third-order valence-electron chi connectivity index (χ3n) is 2.55. The summed E-state index contributed by atoms with van der Waals surface area (Å²) in [6.07, 6.45) is 4.59. The largest absolute Gasteiger partial charge is 0.338 e. The second kappa shape index (κ2) is 2.81. The molecule has 3 nitrogen and oxygen atoms in total. The van der Waals surface area contributed by atoms with E-state index in [1.165, 1.54) is 12.8 Å². The fourth-order valence-electron chi connectivity index (χ4n) is 1.74. The van der Waals surface area contributed by atoms with E-state index in [-0.39, 0.29) is 0 Å². The van der Waals surface area contributed by atoms with Gasteiger partial charge >= 0.3 is 0 Å². The maximum atomic E-state index is 10.7. The molecule has 1 heterocycles. The Morgan fingerprint density at radius 3 is 2.55 bits per heavy atom. The van der Waals surface area contributed by atoms with E-state index in [1.54, 1.807) is 0 Å². The summed E-state index contributed by atoms with van der Waals surface area (Å²) in [6, 6.07) is 1.07. The van der Waals surface area contributed by atoms with Crippen molar-refractivity contribution in [1.82, 2.24) is 10.2 Å². The van der Waals surface area contributed by atoms with Gasteiger partial charge in [-0.15, -0.1) is 0 Å². The van der Waals surface area contributed by atoms with E-state index in [2.05, 4.69) is 5.32 Å². The van der Waals surface area contributed by atoms with Gasteiger partial charge in [-0.05, 0) is 25.8 Å². The summed E-state index contributed by atoms with van der Waals surface area (Å²) in [6.45, 7) is 2.07. The third kappa shape index (κ3) is 1.38. The maximum absolute atomic E-state index is 10.7. The molecular weight excluding hydrogens is 140 g/mol. The predicted octanol–water partition coefficient (Wildman–Crippen LogP) is -0.0309. The molecule has 1 N–H and O–H groups in total. The van der Waals surface area contributed by atoms with Gasteiger partial charge in [0, 0.05) is 18.6 Å². The Morgan fingerprint density at radius 2 is 2.09 bits per heavy atom. The van der Waals surface area contributed by atoms with Gasteiger partial charge in [-0.25, -0.2) is 0 Å². The topological polar surface area (TPSA) is 32.3 Å². The summed E-state index contributed by atoms with van der Waals surface area (Å²) < 4.78 is 0. The SMILES string of the molecule is O=CN(C1CC1)[C@H]1CCNC1. The first-order valence-electron chi connectivity index (χ1n) is 4.35. The summed E-state index contributed by atoms with van der Waals surface area (Å²) in [7, 11) is 0. The molecule has 0 aromatic rings. The molecule has 1 saturated carbocycles. The van der Waals surface area contributed by atoms with Crippen LogP contribution in [-0.2, 0) is 4.79 Å². The van der Waals surface area contributed by atoms with Crippen molar-refractivity contribution >= 4 is 6.41 Å². The Kier molecular flexibility index (Phi) is 1.82. The first kappa shape index (κ1) is 7.10. The molecular formula is C8H14N2O. The highest BCUT2D eigenvalue weighted by Gasteiger charge is 2.33. The van der Waals surface area contributed by atoms with Crippen LogP contribution in [0.3, 0.4) is 0 Å². The van der Waals surface area contributed by atoms with Crippen molar-refractivity contribution < 1.29 is 4.79 Å². The van der Waals surface area contributed by atoms with E-state index in [1.807, 2.05) is 4.90 Å². The van der Waals surface area contributed by atoms with E-state index < -0.39 is 0 Å². The van der Waals surface area contributed by atoms with Crippen molar-refractivity contribution in [2.24, 2.45) is 0 Å². The molecule has 1 atom stereocenters. The molecule has 0 unspecified atom stereocenters. The van der Waals surface area contributed by atoms with Crippen molar-refractivity contribution in [2.45, 2.75) is 31.3 Å². The normalized spacial score (nSPS) is 30.4. The predicted molar refractivity (Wildman–Crippen MR) is 42.2 cm³/mol. The van der Waals surface area contributed by atoms with Gasteiger partial charge < -0.3 is 10.2 Å². The fraction of sp³-hybridized carbons (Fsp3) is 0.875. The number of nitrogens with one attached hydrogen (secondary N) is 1. The third-order valence-corrected chi connectivity index (χ3v) is 2.55. The van der Waals surface area contributed by atoms with Crippen LogP contribution in [0.2, 0.25) is 0 Å². The van der Waals surface area contributed by atoms with Crippen molar-refractivity contribution in [3.63, 3.8) is 0 Å². The van der Waals surface area contributed by atoms with Crippen LogP contribution in [0.5, 0.6) is 0 Å². The van der Waals surface area contributed by atoms with E-state index >= 15 is 0 Å². The van der Waals surface area contributed by atoms with E-state index in [9.17, 15) is 4.79 Å². The first-order valence-corrected chi connectivity index (χ1v) is 4.35. The molecule has 3 heteroatoms. The highest BCUT2D eigenvalue weighted by atomic mass is 16.1. The minimum atomic E-state index is 0.486. The molecule has 2 rings (SSSR count). The van der Waals surface area contributed by atoms with Gasteiger partial charge in [0.2, 0.25) is 6.41 Å². The second-order valence-electron chi connectivity index (χ2n) is 3.43. The smallest absolute Gasteiger partial charge is 0.210 e. The molecule has 1 amide bonds. The van der Waals surface area contributed by atoms with Gasteiger partial charge in [0.05, 0.1) is 0 Å². The molecule has 11 heavy (non-hydrogen) atoms. The summed E-state index contributed by atoms with van der Waals surface area (Å²) in [5.74, 6) is 0. The number of nitrogens with zero attached hydrogens (tertiary/aromatic N) is 1. The summed E-state index contributed by atoms with van der Waals surface area (Å²) in [5.41, 5.74) is 0.